The lowest BCUT2D eigenvalue weighted by molar-refractivity contribution is -0.0968. The summed E-state index contributed by atoms with van der Waals surface area (Å²) in [7, 11) is 3.22. The fraction of sp³-hybridized carbons (Fsp3) is 0.173. The van der Waals surface area contributed by atoms with Gasteiger partial charge in [0.25, 0.3) is 11.8 Å². The number of methoxy groups -OCH3 is 2. The van der Waals surface area contributed by atoms with Crippen molar-refractivity contribution in [2.45, 2.75) is 36.7 Å². The maximum Gasteiger partial charge on any atom is 0.266 e. The fourth-order valence-corrected chi connectivity index (χ4v) is 8.20. The molecule has 0 saturated carbocycles. The van der Waals surface area contributed by atoms with Crippen molar-refractivity contribution in [1.82, 2.24) is 19.5 Å². The molecule has 1 aliphatic rings. The molecule has 0 radical (unpaired) electrons. The molecule has 8 aromatic rings. The van der Waals surface area contributed by atoms with Crippen molar-refractivity contribution < 1.29 is 38.4 Å². The molecule has 0 aliphatic carbocycles. The molecule has 2 aromatic heterocycles. The number of carbonyl (C=O) groups excluding carboxylic acids is 2. The van der Waals surface area contributed by atoms with Crippen LogP contribution in [0, 0.1) is 0 Å². The summed E-state index contributed by atoms with van der Waals surface area (Å²) in [5.41, 5.74) is 3.16. The molecular weight excluding hydrogens is 823 g/mol. The molecule has 1 fully saturated rings. The Kier molecular flexibility index (Phi) is 12.5. The van der Waals surface area contributed by atoms with Crippen LogP contribution in [0.25, 0.3) is 11.2 Å². The van der Waals surface area contributed by atoms with Gasteiger partial charge in [-0.05, 0) is 70.8 Å². The van der Waals surface area contributed by atoms with Gasteiger partial charge in [0.1, 0.15) is 41.7 Å². The van der Waals surface area contributed by atoms with E-state index in [2.05, 4.69) is 9.97 Å². The molecule has 6 aromatic carbocycles. The summed E-state index contributed by atoms with van der Waals surface area (Å²) in [6.07, 6.45) is -1.43. The predicted molar refractivity (Wildman–Crippen MR) is 243 cm³/mol. The molecule has 1 N–H and O–H groups in total. The predicted octanol–water partition coefficient (Wildman–Crippen LogP) is 8.18. The number of rotatable bonds is 15. The number of nitrogens with zero attached hydrogens (tertiary/aromatic N) is 5. The second-order valence-corrected chi connectivity index (χ2v) is 15.3. The highest BCUT2D eigenvalue weighted by molar-refractivity contribution is 6.27. The number of fused-ring (bicyclic) bond motifs is 1. The van der Waals surface area contributed by atoms with Crippen molar-refractivity contribution in [2.75, 3.05) is 25.7 Å². The van der Waals surface area contributed by atoms with Crippen LogP contribution < -0.4 is 14.4 Å². The SMILES string of the molecule is COc1ccc(CO[C@@H]2[C@H](O)[C@@H](COC(c3ccccc3)(c3ccccc3)c3ccc(OC)cc3)O[C@H]2n2cnc3c(N(C(=O)c4ccccc4)C(=O)c4ccccc4)ncnc32)cc1. The Morgan fingerprint density at radius 1 is 0.662 bits per heavy atom. The van der Waals surface area contributed by atoms with E-state index in [1.165, 1.54) is 12.7 Å². The topological polar surface area (TPSA) is 147 Å². The highest BCUT2D eigenvalue weighted by Crippen LogP contribution is 2.43. The van der Waals surface area contributed by atoms with Crippen LogP contribution in [0.5, 0.6) is 11.5 Å². The Morgan fingerprint density at radius 3 is 1.71 bits per heavy atom. The molecule has 1 aliphatic heterocycles. The van der Waals surface area contributed by atoms with Crippen LogP contribution in [0.2, 0.25) is 0 Å². The van der Waals surface area contributed by atoms with Crippen LogP contribution in [0.1, 0.15) is 49.2 Å². The molecule has 0 unspecified atom stereocenters. The van der Waals surface area contributed by atoms with Crippen LogP contribution in [0.3, 0.4) is 0 Å². The number of carbonyl (C=O) groups is 2. The first kappa shape index (κ1) is 42.7. The fourth-order valence-electron chi connectivity index (χ4n) is 8.20. The van der Waals surface area contributed by atoms with Gasteiger partial charge in [0.2, 0.25) is 0 Å². The summed E-state index contributed by atoms with van der Waals surface area (Å²) in [6, 6.07) is 51.9. The van der Waals surface area contributed by atoms with Crippen LogP contribution in [0.15, 0.2) is 183 Å². The van der Waals surface area contributed by atoms with E-state index in [0.717, 1.165) is 27.2 Å². The molecule has 0 spiro atoms. The van der Waals surface area contributed by atoms with Gasteiger partial charge >= 0.3 is 0 Å². The van der Waals surface area contributed by atoms with E-state index < -0.39 is 42.0 Å². The Balaban J connectivity index is 1.11. The van der Waals surface area contributed by atoms with Crippen LogP contribution >= 0.6 is 0 Å². The zero-order chi connectivity index (χ0) is 44.8. The van der Waals surface area contributed by atoms with E-state index in [0.29, 0.717) is 11.5 Å². The van der Waals surface area contributed by atoms with Crippen molar-refractivity contribution in [3.8, 4) is 11.5 Å². The standard InChI is InChI=1S/C52H45N5O8/c1-61-41-27-23-35(24-28-41)31-63-46-45(58)43(32-64-52(38-19-11-5-12-20-38,39-21-13-6-14-22-39)40-25-29-42(62-2)30-26-40)65-51(46)56-34-55-44-47(56)53-33-54-48(44)57(49(59)36-15-7-3-8-16-36)50(60)37-17-9-4-10-18-37/h3-30,33-34,43,45-46,51,58H,31-32H2,1-2H3/t43-,45-,46-,51-/m1/s1. The number of amides is 2. The van der Waals surface area contributed by atoms with Crippen molar-refractivity contribution in [3.05, 3.63) is 216 Å². The van der Waals surface area contributed by atoms with Crippen LogP contribution in [-0.2, 0) is 26.4 Å². The monoisotopic (exact) mass is 867 g/mol. The van der Waals surface area contributed by atoms with E-state index in [-0.39, 0.29) is 41.3 Å². The summed E-state index contributed by atoms with van der Waals surface area (Å²) in [6.45, 7) is 0.0223. The minimum Gasteiger partial charge on any atom is -0.497 e. The molecular formula is C52H45N5O8. The number of imide groups is 1. The van der Waals surface area contributed by atoms with Crippen molar-refractivity contribution in [1.29, 1.82) is 0 Å². The van der Waals surface area contributed by atoms with Gasteiger partial charge in [0, 0.05) is 11.1 Å². The summed E-state index contributed by atoms with van der Waals surface area (Å²) in [5.74, 6) is 0.152. The van der Waals surface area contributed by atoms with Crippen molar-refractivity contribution in [3.63, 3.8) is 0 Å². The first-order chi connectivity index (χ1) is 31.9. The molecule has 3 heterocycles. The van der Waals surface area contributed by atoms with E-state index >= 15 is 0 Å². The third-order valence-corrected chi connectivity index (χ3v) is 11.5. The normalized spacial score (nSPS) is 17.2. The van der Waals surface area contributed by atoms with E-state index in [1.807, 2.05) is 109 Å². The molecule has 13 heteroatoms. The minimum atomic E-state index is -1.23. The van der Waals surface area contributed by atoms with Crippen molar-refractivity contribution >= 4 is 28.8 Å². The maximum atomic E-state index is 14.3. The van der Waals surface area contributed by atoms with Crippen LogP contribution in [-0.4, -0.2) is 75.6 Å². The van der Waals surface area contributed by atoms with Gasteiger partial charge in [-0.2, -0.15) is 0 Å². The Morgan fingerprint density at radius 2 is 1.17 bits per heavy atom. The smallest absolute Gasteiger partial charge is 0.266 e. The second kappa shape index (κ2) is 19.1. The average Bonchev–Trinajstić information content (AvgIpc) is 3.95. The molecule has 0 bridgehead atoms. The first-order valence-electron chi connectivity index (χ1n) is 21.0. The summed E-state index contributed by atoms with van der Waals surface area (Å²) < 4.78 is 33.1. The quantitative estimate of drug-likeness (QED) is 0.0786. The summed E-state index contributed by atoms with van der Waals surface area (Å²) in [5, 5.41) is 12.3. The van der Waals surface area contributed by atoms with E-state index in [4.69, 9.17) is 28.7 Å². The van der Waals surface area contributed by atoms with E-state index in [1.54, 1.807) is 79.5 Å². The van der Waals surface area contributed by atoms with Gasteiger partial charge in [-0.15, -0.1) is 0 Å². The van der Waals surface area contributed by atoms with Gasteiger partial charge in [0.05, 0.1) is 33.8 Å². The van der Waals surface area contributed by atoms with Gasteiger partial charge in [0.15, 0.2) is 23.2 Å². The van der Waals surface area contributed by atoms with Gasteiger partial charge in [-0.25, -0.2) is 19.9 Å². The lowest BCUT2D eigenvalue weighted by Gasteiger charge is -2.37. The molecule has 65 heavy (non-hydrogen) atoms. The van der Waals surface area contributed by atoms with Gasteiger partial charge < -0.3 is 28.8 Å². The Labute approximate surface area is 375 Å². The highest BCUT2D eigenvalue weighted by atomic mass is 16.6. The third-order valence-electron chi connectivity index (χ3n) is 11.5. The molecule has 1 saturated heterocycles. The number of ether oxygens (including phenoxy) is 5. The molecule has 2 amide bonds. The van der Waals surface area contributed by atoms with Gasteiger partial charge in [-0.3, -0.25) is 14.2 Å². The number of aliphatic hydroxyl groups is 1. The Bertz CT molecular complexity index is 2760. The minimum absolute atomic E-state index is 0.0272. The zero-order valence-electron chi connectivity index (χ0n) is 35.6. The largest absolute Gasteiger partial charge is 0.497 e. The molecule has 9 rings (SSSR count). The summed E-state index contributed by atoms with van der Waals surface area (Å²) >= 11 is 0. The summed E-state index contributed by atoms with van der Waals surface area (Å²) in [4.78, 5) is 43.3. The first-order valence-corrected chi connectivity index (χ1v) is 21.0. The molecule has 326 valence electrons. The number of hydrogen-bond donors (Lipinski definition) is 1. The Hall–Kier alpha value is -7.55. The van der Waals surface area contributed by atoms with Crippen LogP contribution in [0.4, 0.5) is 5.82 Å². The van der Waals surface area contributed by atoms with Gasteiger partial charge in [-0.1, -0.05) is 121 Å². The number of anilines is 1. The lowest BCUT2D eigenvalue weighted by atomic mass is 9.80. The number of aliphatic hydroxyl groups excluding tert-OH is 1. The number of hydrogen-bond acceptors (Lipinski definition) is 11. The van der Waals surface area contributed by atoms with Crippen molar-refractivity contribution in [2.24, 2.45) is 0 Å². The maximum absolute atomic E-state index is 14.3. The highest BCUT2D eigenvalue weighted by Gasteiger charge is 2.48. The second-order valence-electron chi connectivity index (χ2n) is 15.3. The molecule has 4 atom stereocenters. The lowest BCUT2D eigenvalue weighted by Crippen LogP contribution is -2.40. The average molecular weight is 868 g/mol. The zero-order valence-corrected chi connectivity index (χ0v) is 35.6. The number of imidazole rings is 1. The molecule has 13 nitrogen and oxygen atoms in total. The number of benzene rings is 6. The van der Waals surface area contributed by atoms with E-state index in [9.17, 15) is 14.7 Å². The number of aromatic nitrogens is 4. The third kappa shape index (κ3) is 8.48.